The van der Waals surface area contributed by atoms with Crippen LogP contribution in [0.25, 0.3) is 11.0 Å². The molecule has 0 bridgehead atoms. The Balaban J connectivity index is 0.00000225. The van der Waals surface area contributed by atoms with E-state index in [4.69, 9.17) is 9.72 Å². The summed E-state index contributed by atoms with van der Waals surface area (Å²) >= 11 is 1.79. The monoisotopic (exact) mass is 419 g/mol. The van der Waals surface area contributed by atoms with Crippen molar-refractivity contribution in [1.29, 1.82) is 0 Å². The number of hydrogen-bond donors (Lipinski definition) is 0. The number of likely N-dealkylation sites (tertiary alicyclic amines) is 1. The molecule has 0 N–H and O–H groups in total. The lowest BCUT2D eigenvalue weighted by Gasteiger charge is -2.31. The van der Waals surface area contributed by atoms with E-state index in [1.807, 2.05) is 17.9 Å². The first-order valence-electron chi connectivity index (χ1n) is 9.63. The molecule has 2 aromatic heterocycles. The van der Waals surface area contributed by atoms with Crippen molar-refractivity contribution in [1.82, 2.24) is 14.5 Å². The molecule has 1 saturated heterocycles. The Morgan fingerprint density at radius 3 is 2.71 bits per heavy atom. The third kappa shape index (κ3) is 4.50. The van der Waals surface area contributed by atoms with Gasteiger partial charge in [-0.05, 0) is 49.3 Å². The molecule has 0 aliphatic carbocycles. The minimum absolute atomic E-state index is 0. The number of amides is 1. The number of carbonyl (C=O) groups excluding carboxylic acids is 1. The zero-order chi connectivity index (χ0) is 18.6. The number of thiophene rings is 1. The Morgan fingerprint density at radius 1 is 1.21 bits per heavy atom. The van der Waals surface area contributed by atoms with Crippen LogP contribution in [-0.4, -0.2) is 40.2 Å². The van der Waals surface area contributed by atoms with Gasteiger partial charge in [0, 0.05) is 24.4 Å². The summed E-state index contributed by atoms with van der Waals surface area (Å²) in [4.78, 5) is 20.0. The fourth-order valence-electron chi connectivity index (χ4n) is 3.81. The Morgan fingerprint density at radius 2 is 2.00 bits per heavy atom. The highest BCUT2D eigenvalue weighted by Gasteiger charge is 2.25. The van der Waals surface area contributed by atoms with Gasteiger partial charge in [-0.3, -0.25) is 0 Å². The van der Waals surface area contributed by atoms with Gasteiger partial charge in [-0.25, -0.2) is 9.78 Å². The molecule has 1 aromatic carbocycles. The number of para-hydroxylation sites is 2. The van der Waals surface area contributed by atoms with Crippen LogP contribution in [0.1, 0.15) is 30.5 Å². The van der Waals surface area contributed by atoms with E-state index in [0.717, 1.165) is 50.2 Å². The van der Waals surface area contributed by atoms with Gasteiger partial charge in [0.1, 0.15) is 5.82 Å². The van der Waals surface area contributed by atoms with E-state index in [2.05, 4.69) is 40.3 Å². The number of rotatable bonds is 5. The van der Waals surface area contributed by atoms with Crippen LogP contribution >= 0.6 is 23.7 Å². The standard InChI is InChI=1S/C21H25N3O2S.ClH/c1-2-26-21(25)23-11-9-16(10-12-23)14-20-22-18-7-3-4-8-19(18)24(20)15-17-6-5-13-27-17;/h3-8,13,16H,2,9-12,14-15H2,1H3;1H. The zero-order valence-corrected chi connectivity index (χ0v) is 17.7. The van der Waals surface area contributed by atoms with Crippen LogP contribution in [0, 0.1) is 5.92 Å². The molecule has 3 aromatic rings. The zero-order valence-electron chi connectivity index (χ0n) is 16.0. The summed E-state index contributed by atoms with van der Waals surface area (Å²) in [5.74, 6) is 1.70. The molecule has 1 fully saturated rings. The maximum Gasteiger partial charge on any atom is 0.409 e. The van der Waals surface area contributed by atoms with Crippen molar-refractivity contribution in [3.63, 3.8) is 0 Å². The third-order valence-electron chi connectivity index (χ3n) is 5.24. The lowest BCUT2D eigenvalue weighted by Crippen LogP contribution is -2.39. The maximum atomic E-state index is 11.9. The number of imidazole rings is 1. The summed E-state index contributed by atoms with van der Waals surface area (Å²) in [6.45, 7) is 4.70. The van der Waals surface area contributed by atoms with Crippen LogP contribution in [0.4, 0.5) is 4.79 Å². The van der Waals surface area contributed by atoms with E-state index in [9.17, 15) is 4.79 Å². The molecule has 0 unspecified atom stereocenters. The highest BCUT2D eigenvalue weighted by molar-refractivity contribution is 7.09. The van der Waals surface area contributed by atoms with E-state index in [-0.39, 0.29) is 18.5 Å². The summed E-state index contributed by atoms with van der Waals surface area (Å²) in [6.07, 6.45) is 2.78. The third-order valence-corrected chi connectivity index (χ3v) is 6.10. The second kappa shape index (κ2) is 9.43. The SMILES string of the molecule is CCOC(=O)N1CCC(Cc2nc3ccccc3n2Cc2cccs2)CC1.Cl. The van der Waals surface area contributed by atoms with Crippen molar-refractivity contribution in [3.05, 3.63) is 52.5 Å². The van der Waals surface area contributed by atoms with Gasteiger partial charge < -0.3 is 14.2 Å². The number of nitrogens with zero attached hydrogens (tertiary/aromatic N) is 3. The highest BCUT2D eigenvalue weighted by Crippen LogP contribution is 2.26. The molecule has 0 spiro atoms. The summed E-state index contributed by atoms with van der Waals surface area (Å²) in [7, 11) is 0. The molecule has 3 heterocycles. The fraction of sp³-hybridized carbons (Fsp3) is 0.429. The number of fused-ring (bicyclic) bond motifs is 1. The maximum absolute atomic E-state index is 11.9. The number of aromatic nitrogens is 2. The second-order valence-electron chi connectivity index (χ2n) is 7.02. The average molecular weight is 420 g/mol. The lowest BCUT2D eigenvalue weighted by atomic mass is 9.93. The van der Waals surface area contributed by atoms with Gasteiger partial charge in [0.2, 0.25) is 0 Å². The minimum Gasteiger partial charge on any atom is -0.450 e. The van der Waals surface area contributed by atoms with Crippen molar-refractivity contribution in [3.8, 4) is 0 Å². The molecule has 0 saturated carbocycles. The number of halogens is 1. The molecular formula is C21H26ClN3O2S. The Kier molecular flexibility index (Phi) is 6.97. The van der Waals surface area contributed by atoms with Crippen LogP contribution in [-0.2, 0) is 17.7 Å². The lowest BCUT2D eigenvalue weighted by molar-refractivity contribution is 0.0916. The quantitative estimate of drug-likeness (QED) is 0.586. The average Bonchev–Trinajstić information content (AvgIpc) is 3.31. The van der Waals surface area contributed by atoms with Gasteiger partial charge in [-0.15, -0.1) is 23.7 Å². The smallest absolute Gasteiger partial charge is 0.409 e. The first-order chi connectivity index (χ1) is 13.2. The van der Waals surface area contributed by atoms with E-state index in [1.165, 1.54) is 10.4 Å². The number of hydrogen-bond acceptors (Lipinski definition) is 4. The van der Waals surface area contributed by atoms with Gasteiger partial charge in [-0.1, -0.05) is 18.2 Å². The Bertz CT molecular complexity index is 902. The van der Waals surface area contributed by atoms with Gasteiger partial charge in [-0.2, -0.15) is 0 Å². The van der Waals surface area contributed by atoms with E-state index in [0.29, 0.717) is 12.5 Å². The molecule has 1 amide bonds. The largest absolute Gasteiger partial charge is 0.450 e. The Hall–Kier alpha value is -2.05. The molecule has 4 rings (SSSR count). The predicted octanol–water partition coefficient (Wildman–Crippen LogP) is 4.98. The number of piperidine rings is 1. The summed E-state index contributed by atoms with van der Waals surface area (Å²) in [5.41, 5.74) is 2.26. The molecule has 1 aliphatic rings. The van der Waals surface area contributed by atoms with E-state index >= 15 is 0 Å². The van der Waals surface area contributed by atoms with E-state index in [1.54, 1.807) is 11.3 Å². The van der Waals surface area contributed by atoms with Gasteiger partial charge in [0.25, 0.3) is 0 Å². The van der Waals surface area contributed by atoms with Crippen molar-refractivity contribution >= 4 is 40.9 Å². The number of carbonyl (C=O) groups is 1. The van der Waals surface area contributed by atoms with Crippen LogP contribution in [0.3, 0.4) is 0 Å². The van der Waals surface area contributed by atoms with Crippen molar-refractivity contribution in [2.75, 3.05) is 19.7 Å². The van der Waals surface area contributed by atoms with E-state index < -0.39 is 0 Å². The summed E-state index contributed by atoms with van der Waals surface area (Å²) in [6, 6.07) is 12.7. The molecule has 1 aliphatic heterocycles. The molecule has 150 valence electrons. The van der Waals surface area contributed by atoms with Crippen molar-refractivity contribution in [2.24, 2.45) is 5.92 Å². The van der Waals surface area contributed by atoms with Crippen LogP contribution < -0.4 is 0 Å². The predicted molar refractivity (Wildman–Crippen MR) is 115 cm³/mol. The van der Waals surface area contributed by atoms with Gasteiger partial charge >= 0.3 is 6.09 Å². The Labute approximate surface area is 175 Å². The molecule has 7 heteroatoms. The topological polar surface area (TPSA) is 47.4 Å². The van der Waals surface area contributed by atoms with Crippen LogP contribution in [0.5, 0.6) is 0 Å². The molecular weight excluding hydrogens is 394 g/mol. The summed E-state index contributed by atoms with van der Waals surface area (Å²) in [5, 5.41) is 2.12. The normalized spacial score (nSPS) is 14.8. The molecule has 0 atom stereocenters. The number of benzene rings is 1. The molecule has 0 radical (unpaired) electrons. The summed E-state index contributed by atoms with van der Waals surface area (Å²) < 4.78 is 7.48. The minimum atomic E-state index is -0.180. The second-order valence-corrected chi connectivity index (χ2v) is 8.05. The number of ether oxygens (including phenoxy) is 1. The van der Waals surface area contributed by atoms with Gasteiger partial charge in [0.15, 0.2) is 0 Å². The molecule has 5 nitrogen and oxygen atoms in total. The van der Waals surface area contributed by atoms with Crippen LogP contribution in [0.2, 0.25) is 0 Å². The fourth-order valence-corrected chi connectivity index (χ4v) is 4.50. The van der Waals surface area contributed by atoms with Crippen LogP contribution in [0.15, 0.2) is 41.8 Å². The molecule has 28 heavy (non-hydrogen) atoms. The first kappa shape index (κ1) is 20.7. The van der Waals surface area contributed by atoms with Gasteiger partial charge in [0.05, 0.1) is 24.2 Å². The van der Waals surface area contributed by atoms with Crippen molar-refractivity contribution < 1.29 is 9.53 Å². The highest BCUT2D eigenvalue weighted by atomic mass is 35.5. The first-order valence-corrected chi connectivity index (χ1v) is 10.5. The van der Waals surface area contributed by atoms with Crippen molar-refractivity contribution in [2.45, 2.75) is 32.7 Å².